The average Bonchev–Trinajstić information content (AvgIpc) is 3.61. The van der Waals surface area contributed by atoms with E-state index < -0.39 is 47.0 Å². The normalized spacial score (nSPS) is 22.5. The Hall–Kier alpha value is -4.59. The monoisotopic (exact) mass is 855 g/mol. The first-order valence-electron chi connectivity index (χ1n) is 19.7. The number of amides is 2. The van der Waals surface area contributed by atoms with E-state index in [1.54, 1.807) is 56.9 Å². The van der Waals surface area contributed by atoms with Gasteiger partial charge in [0.15, 0.2) is 5.82 Å². The SMILES string of the molecule is CN1CC[C@H](C(F)F)[C@](C)(COc2nc(N3C[C@H]4CC[C@@H](C3)N4C(=O)OC(C)(C)C)c3cc(Cl)c(-c4cccc5sc(NC(=O)OC(C)(C)C)c(C#N)c45)c(F)c3n2)C1. The first kappa shape index (κ1) is 42.5. The van der Waals surface area contributed by atoms with Gasteiger partial charge in [0.25, 0.3) is 0 Å². The number of hydrogen-bond acceptors (Lipinski definition) is 11. The fourth-order valence-corrected chi connectivity index (χ4v) is 10.0. The number of thiophene rings is 1. The number of anilines is 2. The van der Waals surface area contributed by atoms with E-state index in [-0.39, 0.29) is 63.2 Å². The molecule has 2 aromatic heterocycles. The van der Waals surface area contributed by atoms with Gasteiger partial charge in [-0.15, -0.1) is 11.3 Å². The summed E-state index contributed by atoms with van der Waals surface area (Å²) in [5.74, 6) is -1.42. The van der Waals surface area contributed by atoms with Crippen molar-refractivity contribution in [3.05, 3.63) is 40.7 Å². The topological polar surface area (TPSA) is 133 Å². The van der Waals surface area contributed by atoms with Gasteiger partial charge in [-0.3, -0.25) is 10.2 Å². The summed E-state index contributed by atoms with van der Waals surface area (Å²) in [6, 6.07) is 8.22. The van der Waals surface area contributed by atoms with Crippen LogP contribution in [0.2, 0.25) is 5.02 Å². The summed E-state index contributed by atoms with van der Waals surface area (Å²) in [4.78, 5) is 41.2. The highest BCUT2D eigenvalue weighted by Crippen LogP contribution is 2.47. The molecular weight excluding hydrogens is 807 g/mol. The van der Waals surface area contributed by atoms with Gasteiger partial charge in [-0.05, 0) is 92.1 Å². The number of hydrogen-bond donors (Lipinski definition) is 1. The summed E-state index contributed by atoms with van der Waals surface area (Å²) < 4.78 is 64.2. The van der Waals surface area contributed by atoms with E-state index in [0.29, 0.717) is 47.6 Å². The van der Waals surface area contributed by atoms with E-state index in [4.69, 9.17) is 30.8 Å². The molecule has 3 fully saturated rings. The maximum atomic E-state index is 17.5. The summed E-state index contributed by atoms with van der Waals surface area (Å²) >= 11 is 8.17. The number of benzene rings is 2. The largest absolute Gasteiger partial charge is 0.463 e. The van der Waals surface area contributed by atoms with Crippen molar-refractivity contribution in [1.82, 2.24) is 19.8 Å². The molecule has 316 valence electrons. The summed E-state index contributed by atoms with van der Waals surface area (Å²) in [7, 11) is 1.87. The standard InChI is InChI=1S/C42H49ClF3N7O5S/c1-40(2,3)57-38(54)50-36-26(17-47)30-24(10-9-11-29(30)59-36)31-28(43)16-25-33(32(31)44)48-37(56-21-42(7)20-51(8)15-14-27(42)34(45)46)49-35(25)52-18-22-12-13-23(19-52)53(22)39(55)58-41(4,5)6/h9-11,16,22-23,27,34H,12-15,18-21H2,1-8H3,(H,50,54)/t22-,23+,27-,42+/m1/s1. The second-order valence-corrected chi connectivity index (χ2v) is 19.5. The third-order valence-electron chi connectivity index (χ3n) is 11.1. The van der Waals surface area contributed by atoms with Crippen molar-refractivity contribution in [2.45, 2.75) is 97.4 Å². The minimum atomic E-state index is -2.57. The quantitative estimate of drug-likeness (QED) is 0.192. The van der Waals surface area contributed by atoms with Crippen molar-refractivity contribution in [3.63, 3.8) is 0 Å². The van der Waals surface area contributed by atoms with Crippen molar-refractivity contribution in [1.29, 1.82) is 5.26 Å². The molecule has 0 spiro atoms. The average molecular weight is 856 g/mol. The van der Waals surface area contributed by atoms with Crippen LogP contribution in [0.5, 0.6) is 6.01 Å². The van der Waals surface area contributed by atoms with Gasteiger partial charge in [0.05, 0.1) is 29.3 Å². The maximum absolute atomic E-state index is 17.5. The van der Waals surface area contributed by atoms with E-state index in [2.05, 4.69) is 16.4 Å². The van der Waals surface area contributed by atoms with E-state index in [1.807, 2.05) is 37.6 Å². The fourth-order valence-electron chi connectivity index (χ4n) is 8.68. The summed E-state index contributed by atoms with van der Waals surface area (Å²) in [5.41, 5.74) is -2.20. The highest BCUT2D eigenvalue weighted by Gasteiger charge is 2.46. The number of piperidine rings is 1. The number of fused-ring (bicyclic) bond motifs is 4. The molecule has 4 atom stereocenters. The first-order chi connectivity index (χ1) is 27.7. The van der Waals surface area contributed by atoms with Crippen LogP contribution in [0.4, 0.5) is 33.6 Å². The molecule has 5 heterocycles. The Morgan fingerprint density at radius 1 is 1.08 bits per heavy atom. The number of nitrogens with zero attached hydrogens (tertiary/aromatic N) is 6. The fraction of sp³-hybridized carbons (Fsp3) is 0.548. The molecule has 2 bridgehead atoms. The number of piperazine rings is 1. The Morgan fingerprint density at radius 2 is 1.76 bits per heavy atom. The number of carbonyl (C=O) groups is 2. The van der Waals surface area contributed by atoms with Crippen molar-refractivity contribution in [2.75, 3.05) is 50.1 Å². The number of likely N-dealkylation sites (tertiary alicyclic amines) is 1. The number of nitriles is 1. The zero-order valence-corrected chi connectivity index (χ0v) is 36.0. The van der Waals surface area contributed by atoms with Crippen LogP contribution in [0.1, 0.15) is 73.3 Å². The molecule has 3 aliphatic heterocycles. The maximum Gasteiger partial charge on any atom is 0.412 e. The molecule has 7 rings (SSSR count). The van der Waals surface area contributed by atoms with Gasteiger partial charge in [-0.2, -0.15) is 15.2 Å². The molecular formula is C42H49ClF3N7O5S. The van der Waals surface area contributed by atoms with Gasteiger partial charge in [-0.25, -0.2) is 22.8 Å². The van der Waals surface area contributed by atoms with Crippen LogP contribution in [0, 0.1) is 28.5 Å². The molecule has 17 heteroatoms. The molecule has 0 saturated carbocycles. The molecule has 59 heavy (non-hydrogen) atoms. The van der Waals surface area contributed by atoms with Gasteiger partial charge in [0, 0.05) is 52.0 Å². The van der Waals surface area contributed by atoms with Gasteiger partial charge >= 0.3 is 18.2 Å². The molecule has 0 unspecified atom stereocenters. The zero-order chi connectivity index (χ0) is 42.8. The van der Waals surface area contributed by atoms with Crippen molar-refractivity contribution >= 4 is 66.9 Å². The van der Waals surface area contributed by atoms with Crippen LogP contribution in [0.25, 0.3) is 32.1 Å². The molecule has 2 amide bonds. The Morgan fingerprint density at radius 3 is 2.39 bits per heavy atom. The van der Waals surface area contributed by atoms with Crippen LogP contribution in [-0.2, 0) is 9.47 Å². The molecule has 3 aliphatic rings. The van der Waals surface area contributed by atoms with Crippen molar-refractivity contribution in [2.24, 2.45) is 11.3 Å². The second kappa shape index (κ2) is 15.8. The smallest absolute Gasteiger partial charge is 0.412 e. The van der Waals surface area contributed by atoms with Crippen LogP contribution >= 0.6 is 22.9 Å². The second-order valence-electron chi connectivity index (χ2n) is 18.1. The Balaban J connectivity index is 1.33. The number of carbonyl (C=O) groups excluding carboxylic acids is 2. The van der Waals surface area contributed by atoms with Crippen LogP contribution in [0.15, 0.2) is 24.3 Å². The van der Waals surface area contributed by atoms with Crippen LogP contribution in [-0.4, -0.2) is 101 Å². The number of aromatic nitrogens is 2. The lowest BCUT2D eigenvalue weighted by atomic mass is 9.73. The van der Waals surface area contributed by atoms with Gasteiger partial charge in [0.1, 0.15) is 33.6 Å². The third-order valence-corrected chi connectivity index (χ3v) is 12.5. The molecule has 0 aliphatic carbocycles. The molecule has 3 saturated heterocycles. The summed E-state index contributed by atoms with van der Waals surface area (Å²) in [5, 5.41) is 14.0. The predicted octanol–water partition coefficient (Wildman–Crippen LogP) is 9.71. The minimum Gasteiger partial charge on any atom is -0.463 e. The first-order valence-corrected chi connectivity index (χ1v) is 20.9. The number of nitrogens with one attached hydrogen (secondary N) is 1. The molecule has 4 aromatic rings. The molecule has 12 nitrogen and oxygen atoms in total. The lowest BCUT2D eigenvalue weighted by molar-refractivity contribution is -0.0679. The van der Waals surface area contributed by atoms with Crippen molar-refractivity contribution < 1.29 is 37.0 Å². The van der Waals surface area contributed by atoms with Gasteiger partial charge in [0.2, 0.25) is 6.43 Å². The molecule has 2 aromatic carbocycles. The predicted molar refractivity (Wildman–Crippen MR) is 222 cm³/mol. The lowest BCUT2D eigenvalue weighted by Crippen LogP contribution is -2.57. The van der Waals surface area contributed by atoms with E-state index in [0.717, 1.165) is 24.2 Å². The third kappa shape index (κ3) is 8.56. The Kier molecular flexibility index (Phi) is 11.4. The minimum absolute atomic E-state index is 0.0191. The number of halogens is 4. The van der Waals surface area contributed by atoms with Gasteiger partial charge < -0.3 is 24.0 Å². The Labute approximate surface area is 350 Å². The molecule has 0 radical (unpaired) electrons. The van der Waals surface area contributed by atoms with E-state index in [1.165, 1.54) is 0 Å². The van der Waals surface area contributed by atoms with Crippen LogP contribution in [0.3, 0.4) is 0 Å². The number of alkyl halides is 2. The molecule has 1 N–H and O–H groups in total. The number of ether oxygens (including phenoxy) is 3. The summed E-state index contributed by atoms with van der Waals surface area (Å²) in [6.45, 7) is 13.8. The van der Waals surface area contributed by atoms with Crippen molar-refractivity contribution in [3.8, 4) is 23.2 Å². The zero-order valence-electron chi connectivity index (χ0n) is 34.4. The lowest BCUT2D eigenvalue weighted by Gasteiger charge is -2.44. The number of rotatable bonds is 7. The van der Waals surface area contributed by atoms with Gasteiger partial charge in [-0.1, -0.05) is 30.7 Å². The summed E-state index contributed by atoms with van der Waals surface area (Å²) in [6.07, 6.45) is -1.98. The van der Waals surface area contributed by atoms with E-state index in [9.17, 15) is 23.6 Å². The Bertz CT molecular complexity index is 2330. The highest BCUT2D eigenvalue weighted by molar-refractivity contribution is 7.23. The van der Waals surface area contributed by atoms with E-state index >= 15 is 4.39 Å². The highest BCUT2D eigenvalue weighted by atomic mass is 35.5. The van der Waals surface area contributed by atoms with Crippen LogP contribution < -0.4 is 15.0 Å².